The Balaban J connectivity index is 2.51. The summed E-state index contributed by atoms with van der Waals surface area (Å²) in [7, 11) is 0. The van der Waals surface area contributed by atoms with E-state index in [4.69, 9.17) is 0 Å². The molecule has 16 heavy (non-hydrogen) atoms. The lowest BCUT2D eigenvalue weighted by Gasteiger charge is -2.29. The molecular formula is C13H24BrNO. The average Bonchev–Trinajstić information content (AvgIpc) is 2.67. The van der Waals surface area contributed by atoms with Crippen molar-refractivity contribution in [1.82, 2.24) is 5.32 Å². The van der Waals surface area contributed by atoms with Crippen LogP contribution in [0.1, 0.15) is 52.4 Å². The number of carbonyl (C=O) groups excluding carboxylic acids is 1. The molecule has 0 aromatic carbocycles. The normalized spacial score (nSPS) is 19.0. The van der Waals surface area contributed by atoms with E-state index in [1.54, 1.807) is 0 Å². The van der Waals surface area contributed by atoms with E-state index in [0.29, 0.717) is 11.8 Å². The fourth-order valence-corrected chi connectivity index (χ4v) is 3.09. The molecule has 0 bridgehead atoms. The van der Waals surface area contributed by atoms with Gasteiger partial charge in [0.25, 0.3) is 0 Å². The van der Waals surface area contributed by atoms with Gasteiger partial charge in [-0.2, -0.15) is 0 Å². The zero-order chi connectivity index (χ0) is 12.0. The lowest BCUT2D eigenvalue weighted by atomic mass is 9.77. The highest BCUT2D eigenvalue weighted by Crippen LogP contribution is 2.43. The topological polar surface area (TPSA) is 29.1 Å². The van der Waals surface area contributed by atoms with Gasteiger partial charge in [0.15, 0.2) is 0 Å². The molecule has 3 heteroatoms. The van der Waals surface area contributed by atoms with Crippen LogP contribution in [0.5, 0.6) is 0 Å². The Bertz CT molecular complexity index is 222. The number of hydrogen-bond acceptors (Lipinski definition) is 1. The number of halogens is 1. The van der Waals surface area contributed by atoms with Crippen LogP contribution in [0.2, 0.25) is 0 Å². The molecule has 1 N–H and O–H groups in total. The van der Waals surface area contributed by atoms with Gasteiger partial charge >= 0.3 is 0 Å². The fraction of sp³-hybridized carbons (Fsp3) is 0.923. The average molecular weight is 290 g/mol. The first-order valence-electron chi connectivity index (χ1n) is 6.45. The van der Waals surface area contributed by atoms with Gasteiger partial charge in [0.2, 0.25) is 5.91 Å². The van der Waals surface area contributed by atoms with Gasteiger partial charge in [-0.15, -0.1) is 0 Å². The molecule has 2 nitrogen and oxygen atoms in total. The Hall–Kier alpha value is -0.0500. The summed E-state index contributed by atoms with van der Waals surface area (Å²) < 4.78 is 0. The summed E-state index contributed by atoms with van der Waals surface area (Å²) in [5.41, 5.74) is -0.0412. The molecule has 0 spiro atoms. The van der Waals surface area contributed by atoms with Gasteiger partial charge in [-0.1, -0.05) is 42.6 Å². The summed E-state index contributed by atoms with van der Waals surface area (Å²) in [6, 6.07) is 0. The van der Waals surface area contributed by atoms with Crippen LogP contribution >= 0.6 is 15.9 Å². The highest BCUT2D eigenvalue weighted by Gasteiger charge is 2.40. The molecule has 0 aliphatic heterocycles. The second-order valence-electron chi connectivity index (χ2n) is 5.38. The Kier molecular flexibility index (Phi) is 5.81. The van der Waals surface area contributed by atoms with Crippen molar-refractivity contribution < 1.29 is 4.79 Å². The van der Waals surface area contributed by atoms with Crippen LogP contribution in [0.15, 0.2) is 0 Å². The number of amides is 1. The first kappa shape index (κ1) is 14.0. The van der Waals surface area contributed by atoms with E-state index in [0.717, 1.165) is 37.6 Å². The maximum absolute atomic E-state index is 12.3. The maximum atomic E-state index is 12.3. The largest absolute Gasteiger partial charge is 0.356 e. The molecule has 1 aliphatic carbocycles. The fourth-order valence-electron chi connectivity index (χ4n) is 2.81. The van der Waals surface area contributed by atoms with Crippen LogP contribution in [-0.2, 0) is 4.79 Å². The zero-order valence-corrected chi connectivity index (χ0v) is 12.1. The van der Waals surface area contributed by atoms with E-state index in [-0.39, 0.29) is 5.41 Å². The van der Waals surface area contributed by atoms with E-state index < -0.39 is 0 Å². The number of carbonyl (C=O) groups is 1. The number of rotatable bonds is 6. The SMILES string of the molecule is CC(C)CC1(C(=O)NCCCBr)CCCC1. The van der Waals surface area contributed by atoms with Gasteiger partial charge in [-0.3, -0.25) is 4.79 Å². The van der Waals surface area contributed by atoms with E-state index in [1.807, 2.05) is 0 Å². The molecule has 0 radical (unpaired) electrons. The molecule has 94 valence electrons. The predicted octanol–water partition coefficient (Wildman–Crippen LogP) is 3.49. The van der Waals surface area contributed by atoms with E-state index in [2.05, 4.69) is 35.1 Å². The summed E-state index contributed by atoms with van der Waals surface area (Å²) in [4.78, 5) is 12.3. The molecule has 0 aromatic heterocycles. The molecule has 1 fully saturated rings. The standard InChI is InChI=1S/C13H24BrNO/c1-11(2)10-13(6-3-4-7-13)12(16)15-9-5-8-14/h11H,3-10H2,1-2H3,(H,15,16). The number of hydrogen-bond donors (Lipinski definition) is 1. The quantitative estimate of drug-likeness (QED) is 0.589. The molecule has 1 aliphatic rings. The lowest BCUT2D eigenvalue weighted by molar-refractivity contribution is -0.131. The molecule has 0 aromatic rings. The zero-order valence-electron chi connectivity index (χ0n) is 10.5. The minimum atomic E-state index is -0.0412. The Labute approximate surface area is 108 Å². The summed E-state index contributed by atoms with van der Waals surface area (Å²) in [6.45, 7) is 5.24. The van der Waals surface area contributed by atoms with Gasteiger partial charge in [0.1, 0.15) is 0 Å². The number of nitrogens with one attached hydrogen (secondary N) is 1. The van der Waals surface area contributed by atoms with Gasteiger partial charge in [0, 0.05) is 17.3 Å². The Morgan fingerprint density at radius 1 is 1.38 bits per heavy atom. The van der Waals surface area contributed by atoms with Gasteiger partial charge < -0.3 is 5.32 Å². The Morgan fingerprint density at radius 2 is 2.00 bits per heavy atom. The molecule has 0 heterocycles. The second-order valence-corrected chi connectivity index (χ2v) is 6.18. The Morgan fingerprint density at radius 3 is 2.50 bits per heavy atom. The molecule has 1 amide bonds. The van der Waals surface area contributed by atoms with Crippen molar-refractivity contribution in [3.05, 3.63) is 0 Å². The molecule has 0 saturated heterocycles. The third kappa shape index (κ3) is 3.76. The van der Waals surface area contributed by atoms with Crippen LogP contribution in [0.4, 0.5) is 0 Å². The third-order valence-electron chi connectivity index (χ3n) is 3.44. The highest BCUT2D eigenvalue weighted by molar-refractivity contribution is 9.09. The van der Waals surface area contributed by atoms with Gasteiger partial charge in [-0.05, 0) is 31.6 Å². The van der Waals surface area contributed by atoms with Crippen molar-refractivity contribution in [3.8, 4) is 0 Å². The maximum Gasteiger partial charge on any atom is 0.226 e. The van der Waals surface area contributed by atoms with E-state index in [1.165, 1.54) is 12.8 Å². The molecule has 1 saturated carbocycles. The summed E-state index contributed by atoms with van der Waals surface area (Å²) in [5, 5.41) is 4.07. The molecular weight excluding hydrogens is 266 g/mol. The van der Waals surface area contributed by atoms with Crippen LogP contribution in [0, 0.1) is 11.3 Å². The monoisotopic (exact) mass is 289 g/mol. The van der Waals surface area contributed by atoms with Crippen molar-refractivity contribution in [3.63, 3.8) is 0 Å². The second kappa shape index (κ2) is 6.63. The van der Waals surface area contributed by atoms with Crippen LogP contribution in [0.3, 0.4) is 0 Å². The molecule has 0 unspecified atom stereocenters. The van der Waals surface area contributed by atoms with Gasteiger partial charge in [-0.25, -0.2) is 0 Å². The highest BCUT2D eigenvalue weighted by atomic mass is 79.9. The smallest absolute Gasteiger partial charge is 0.226 e. The minimum absolute atomic E-state index is 0.0412. The predicted molar refractivity (Wildman–Crippen MR) is 71.8 cm³/mol. The third-order valence-corrected chi connectivity index (χ3v) is 4.00. The lowest BCUT2D eigenvalue weighted by Crippen LogP contribution is -2.40. The van der Waals surface area contributed by atoms with Crippen LogP contribution < -0.4 is 5.32 Å². The van der Waals surface area contributed by atoms with Crippen LogP contribution in [-0.4, -0.2) is 17.8 Å². The summed E-state index contributed by atoms with van der Waals surface area (Å²) >= 11 is 3.39. The first-order valence-corrected chi connectivity index (χ1v) is 7.57. The minimum Gasteiger partial charge on any atom is -0.356 e. The first-order chi connectivity index (χ1) is 7.60. The molecule has 0 atom stereocenters. The van der Waals surface area contributed by atoms with Crippen LogP contribution in [0.25, 0.3) is 0 Å². The summed E-state index contributed by atoms with van der Waals surface area (Å²) in [5.74, 6) is 0.916. The summed E-state index contributed by atoms with van der Waals surface area (Å²) in [6.07, 6.45) is 6.68. The van der Waals surface area contributed by atoms with E-state index in [9.17, 15) is 4.79 Å². The van der Waals surface area contributed by atoms with Crippen molar-refractivity contribution in [2.75, 3.05) is 11.9 Å². The van der Waals surface area contributed by atoms with Crippen molar-refractivity contribution in [2.24, 2.45) is 11.3 Å². The van der Waals surface area contributed by atoms with Gasteiger partial charge in [0.05, 0.1) is 0 Å². The number of alkyl halides is 1. The van der Waals surface area contributed by atoms with Crippen molar-refractivity contribution >= 4 is 21.8 Å². The van der Waals surface area contributed by atoms with E-state index >= 15 is 0 Å². The molecule has 1 rings (SSSR count). The van der Waals surface area contributed by atoms with Crippen molar-refractivity contribution in [2.45, 2.75) is 52.4 Å². The van der Waals surface area contributed by atoms with Crippen molar-refractivity contribution in [1.29, 1.82) is 0 Å².